The van der Waals surface area contributed by atoms with Crippen molar-refractivity contribution < 1.29 is 8.78 Å². The van der Waals surface area contributed by atoms with Crippen molar-refractivity contribution >= 4 is 0 Å². The van der Waals surface area contributed by atoms with Crippen LogP contribution in [0.3, 0.4) is 0 Å². The van der Waals surface area contributed by atoms with Crippen LogP contribution >= 0.6 is 0 Å². The first-order valence-electron chi connectivity index (χ1n) is 6.82. The fraction of sp³-hybridized carbons (Fsp3) is 1.00. The summed E-state index contributed by atoms with van der Waals surface area (Å²) in [5, 5.41) is 3.03. The predicted molar refractivity (Wildman–Crippen MR) is 65.3 cm³/mol. The number of likely N-dealkylation sites (tertiary alicyclic amines) is 1. The van der Waals surface area contributed by atoms with E-state index < -0.39 is 6.43 Å². The fourth-order valence-electron chi connectivity index (χ4n) is 2.80. The molecule has 0 amide bonds. The summed E-state index contributed by atoms with van der Waals surface area (Å²) in [6, 6.07) is 0.998. The summed E-state index contributed by atoms with van der Waals surface area (Å²) in [5.74, 6) is 1.30. The molecule has 1 heterocycles. The monoisotopic (exact) mass is 246 g/mol. The molecule has 100 valence electrons. The molecular weight excluding hydrogens is 222 g/mol. The Morgan fingerprint density at radius 1 is 1.24 bits per heavy atom. The maximum absolute atomic E-state index is 12.2. The Kier molecular flexibility index (Phi) is 4.36. The van der Waals surface area contributed by atoms with Crippen molar-refractivity contribution in [2.45, 2.75) is 51.6 Å². The molecule has 2 atom stereocenters. The molecule has 1 aliphatic carbocycles. The average Bonchev–Trinajstić information content (AvgIpc) is 3.09. The molecule has 0 radical (unpaired) electrons. The number of halogens is 2. The molecule has 2 nitrogen and oxygen atoms in total. The molecule has 4 heteroatoms. The van der Waals surface area contributed by atoms with Gasteiger partial charge in [0.15, 0.2) is 0 Å². The number of hydrogen-bond acceptors (Lipinski definition) is 2. The van der Waals surface area contributed by atoms with E-state index in [2.05, 4.69) is 24.1 Å². The van der Waals surface area contributed by atoms with E-state index >= 15 is 0 Å². The summed E-state index contributed by atoms with van der Waals surface area (Å²) < 4.78 is 24.5. The van der Waals surface area contributed by atoms with Gasteiger partial charge in [0.05, 0.1) is 6.54 Å². The van der Waals surface area contributed by atoms with Crippen LogP contribution in [-0.2, 0) is 0 Å². The van der Waals surface area contributed by atoms with E-state index in [0.29, 0.717) is 11.8 Å². The molecule has 2 fully saturated rings. The van der Waals surface area contributed by atoms with Crippen LogP contribution in [0.2, 0.25) is 0 Å². The molecular formula is C13H24F2N2. The van der Waals surface area contributed by atoms with Gasteiger partial charge >= 0.3 is 0 Å². The number of hydrogen-bond donors (Lipinski definition) is 1. The Labute approximate surface area is 103 Å². The average molecular weight is 246 g/mol. The van der Waals surface area contributed by atoms with Crippen LogP contribution in [0.5, 0.6) is 0 Å². The van der Waals surface area contributed by atoms with E-state index in [0.717, 1.165) is 25.6 Å². The molecule has 0 spiro atoms. The van der Waals surface area contributed by atoms with Gasteiger partial charge in [-0.25, -0.2) is 8.78 Å². The highest BCUT2D eigenvalue weighted by Gasteiger charge is 2.36. The van der Waals surface area contributed by atoms with E-state index in [4.69, 9.17) is 0 Å². The van der Waals surface area contributed by atoms with Gasteiger partial charge in [-0.05, 0) is 31.1 Å². The lowest BCUT2D eigenvalue weighted by atomic mass is 9.85. The Morgan fingerprint density at radius 2 is 1.94 bits per heavy atom. The lowest BCUT2D eigenvalue weighted by Crippen LogP contribution is -2.51. The second-order valence-electron chi connectivity index (χ2n) is 5.92. The van der Waals surface area contributed by atoms with Crippen molar-refractivity contribution in [2.75, 3.05) is 19.6 Å². The van der Waals surface area contributed by atoms with Crippen LogP contribution in [0.4, 0.5) is 8.78 Å². The third kappa shape index (κ3) is 3.88. The van der Waals surface area contributed by atoms with Crippen molar-refractivity contribution in [3.63, 3.8) is 0 Å². The number of nitrogens with zero attached hydrogens (tertiary/aromatic N) is 1. The molecule has 1 saturated heterocycles. The van der Waals surface area contributed by atoms with Gasteiger partial charge < -0.3 is 5.32 Å². The highest BCUT2D eigenvalue weighted by molar-refractivity contribution is 4.93. The second-order valence-corrected chi connectivity index (χ2v) is 5.92. The van der Waals surface area contributed by atoms with Gasteiger partial charge in [0.2, 0.25) is 0 Å². The summed E-state index contributed by atoms with van der Waals surface area (Å²) in [7, 11) is 0. The first kappa shape index (κ1) is 13.2. The van der Waals surface area contributed by atoms with Gasteiger partial charge in [0.25, 0.3) is 6.43 Å². The Bertz CT molecular complexity index is 232. The van der Waals surface area contributed by atoms with Crippen molar-refractivity contribution in [2.24, 2.45) is 11.8 Å². The molecule has 2 rings (SSSR count). The third-order valence-corrected chi connectivity index (χ3v) is 4.08. The molecule has 17 heavy (non-hydrogen) atoms. The van der Waals surface area contributed by atoms with E-state index in [-0.39, 0.29) is 12.6 Å². The van der Waals surface area contributed by atoms with Gasteiger partial charge in [-0.15, -0.1) is 0 Å². The van der Waals surface area contributed by atoms with Gasteiger partial charge in [-0.2, -0.15) is 0 Å². The molecule has 1 N–H and O–H groups in total. The molecule has 0 bridgehead atoms. The predicted octanol–water partition coefficient (Wildman–Crippen LogP) is 2.35. The number of rotatable bonds is 5. The summed E-state index contributed by atoms with van der Waals surface area (Å²) in [6.07, 6.45) is 1.41. The molecule has 2 unspecified atom stereocenters. The highest BCUT2D eigenvalue weighted by atomic mass is 19.3. The third-order valence-electron chi connectivity index (χ3n) is 4.08. The summed E-state index contributed by atoms with van der Waals surface area (Å²) in [6.45, 7) is 6.44. The number of piperidine rings is 1. The first-order chi connectivity index (χ1) is 8.06. The van der Waals surface area contributed by atoms with E-state index in [1.165, 1.54) is 12.8 Å². The van der Waals surface area contributed by atoms with Gasteiger partial charge in [0.1, 0.15) is 0 Å². The summed E-state index contributed by atoms with van der Waals surface area (Å²) >= 11 is 0. The topological polar surface area (TPSA) is 15.3 Å². The van der Waals surface area contributed by atoms with Crippen molar-refractivity contribution in [1.29, 1.82) is 0 Å². The van der Waals surface area contributed by atoms with Crippen LogP contribution in [0.1, 0.15) is 33.1 Å². The molecule has 2 aliphatic rings. The van der Waals surface area contributed by atoms with E-state index in [1.807, 2.05) is 0 Å². The Balaban J connectivity index is 1.86. The van der Waals surface area contributed by atoms with E-state index in [9.17, 15) is 8.78 Å². The first-order valence-corrected chi connectivity index (χ1v) is 6.82. The van der Waals surface area contributed by atoms with Crippen molar-refractivity contribution in [1.82, 2.24) is 10.2 Å². The highest BCUT2D eigenvalue weighted by Crippen LogP contribution is 2.33. The second kappa shape index (κ2) is 5.61. The normalized spacial score (nSPS) is 31.4. The largest absolute Gasteiger partial charge is 0.307 e. The molecule has 0 aromatic heterocycles. The lowest BCUT2D eigenvalue weighted by Gasteiger charge is -2.40. The van der Waals surface area contributed by atoms with Crippen LogP contribution in [-0.4, -0.2) is 43.0 Å². The van der Waals surface area contributed by atoms with Crippen molar-refractivity contribution in [3.05, 3.63) is 0 Å². The van der Waals surface area contributed by atoms with E-state index in [1.54, 1.807) is 0 Å². The molecule has 1 saturated carbocycles. The van der Waals surface area contributed by atoms with Crippen molar-refractivity contribution in [3.8, 4) is 0 Å². The van der Waals surface area contributed by atoms with Gasteiger partial charge in [0, 0.05) is 25.2 Å². The zero-order valence-electron chi connectivity index (χ0n) is 10.8. The lowest BCUT2D eigenvalue weighted by molar-refractivity contribution is 0.0909. The standard InChI is InChI=1S/C13H24F2N2/c1-9(2)10-5-11(16-6-13(14)15)8-17(7-10)12-3-4-12/h9-13,16H,3-8H2,1-2H3. The maximum atomic E-state index is 12.2. The zero-order valence-corrected chi connectivity index (χ0v) is 10.8. The quantitative estimate of drug-likeness (QED) is 0.801. The van der Waals surface area contributed by atoms with Crippen LogP contribution < -0.4 is 5.32 Å². The van der Waals surface area contributed by atoms with Crippen LogP contribution in [0, 0.1) is 11.8 Å². The Hall–Kier alpha value is -0.220. The minimum Gasteiger partial charge on any atom is -0.307 e. The van der Waals surface area contributed by atoms with Crippen LogP contribution in [0.25, 0.3) is 0 Å². The molecule has 0 aromatic rings. The smallest absolute Gasteiger partial charge is 0.250 e. The SMILES string of the molecule is CC(C)C1CC(NCC(F)F)CN(C2CC2)C1. The van der Waals surface area contributed by atoms with Crippen LogP contribution in [0.15, 0.2) is 0 Å². The fourth-order valence-corrected chi connectivity index (χ4v) is 2.80. The van der Waals surface area contributed by atoms with Gasteiger partial charge in [-0.1, -0.05) is 13.8 Å². The molecule has 0 aromatic carbocycles. The number of alkyl halides is 2. The summed E-state index contributed by atoms with van der Waals surface area (Å²) in [5.41, 5.74) is 0. The summed E-state index contributed by atoms with van der Waals surface area (Å²) in [4.78, 5) is 2.51. The minimum absolute atomic E-state index is 0.159. The van der Waals surface area contributed by atoms with Gasteiger partial charge in [-0.3, -0.25) is 4.90 Å². The number of nitrogens with one attached hydrogen (secondary N) is 1. The zero-order chi connectivity index (χ0) is 12.4. The maximum Gasteiger partial charge on any atom is 0.250 e. The Morgan fingerprint density at radius 3 is 2.47 bits per heavy atom. The molecule has 1 aliphatic heterocycles. The minimum atomic E-state index is -2.23.